The minimum atomic E-state index is 0.324. The van der Waals surface area contributed by atoms with E-state index >= 15 is 0 Å². The SMILES string of the molecule is Clc1ccc(Cl)o1. The predicted octanol–water partition coefficient (Wildman–Crippen LogP) is 2.59. The molecule has 0 aliphatic rings. The average Bonchev–Trinajstić information content (AvgIpc) is 1.87. The van der Waals surface area contributed by atoms with Crippen molar-refractivity contribution in [2.24, 2.45) is 0 Å². The fourth-order valence-electron chi connectivity index (χ4n) is 0.292. The van der Waals surface area contributed by atoms with Crippen LogP contribution in [-0.4, -0.2) is 0 Å². The third-order valence-corrected chi connectivity index (χ3v) is 0.947. The van der Waals surface area contributed by atoms with Gasteiger partial charge in [-0.15, -0.1) is 0 Å². The average molecular weight is 137 g/mol. The molecule has 0 fully saturated rings. The Labute approximate surface area is 50.8 Å². The maximum atomic E-state index is 5.31. The van der Waals surface area contributed by atoms with E-state index in [1.54, 1.807) is 12.1 Å². The molecule has 0 saturated carbocycles. The Morgan fingerprint density at radius 2 is 1.57 bits per heavy atom. The second-order valence-electron chi connectivity index (χ2n) is 1.04. The lowest BCUT2D eigenvalue weighted by Crippen LogP contribution is -1.38. The fraction of sp³-hybridized carbons (Fsp3) is 0. The van der Waals surface area contributed by atoms with Crippen LogP contribution in [0.1, 0.15) is 0 Å². The van der Waals surface area contributed by atoms with Gasteiger partial charge in [0.05, 0.1) is 0 Å². The van der Waals surface area contributed by atoms with Crippen molar-refractivity contribution in [2.75, 3.05) is 0 Å². The number of hydrogen-bond donors (Lipinski definition) is 0. The minimum absolute atomic E-state index is 0.324. The zero-order chi connectivity index (χ0) is 5.28. The van der Waals surface area contributed by atoms with Gasteiger partial charge in [0.1, 0.15) is 0 Å². The van der Waals surface area contributed by atoms with Gasteiger partial charge < -0.3 is 4.42 Å². The van der Waals surface area contributed by atoms with E-state index < -0.39 is 0 Å². The van der Waals surface area contributed by atoms with Crippen LogP contribution in [0.2, 0.25) is 10.4 Å². The van der Waals surface area contributed by atoms with Gasteiger partial charge >= 0.3 is 0 Å². The molecule has 0 aromatic carbocycles. The fourth-order valence-corrected chi connectivity index (χ4v) is 0.624. The van der Waals surface area contributed by atoms with Crippen LogP contribution in [0.15, 0.2) is 16.5 Å². The molecule has 1 nitrogen and oxygen atoms in total. The van der Waals surface area contributed by atoms with Gasteiger partial charge in [0.2, 0.25) is 0 Å². The van der Waals surface area contributed by atoms with E-state index in [4.69, 9.17) is 23.2 Å². The van der Waals surface area contributed by atoms with Gasteiger partial charge in [0.15, 0.2) is 10.4 Å². The van der Waals surface area contributed by atoms with E-state index in [0.717, 1.165) is 0 Å². The van der Waals surface area contributed by atoms with Crippen molar-refractivity contribution in [2.45, 2.75) is 0 Å². The highest BCUT2D eigenvalue weighted by Gasteiger charge is 1.90. The summed E-state index contributed by atoms with van der Waals surface area (Å²) >= 11 is 10.6. The number of furan rings is 1. The van der Waals surface area contributed by atoms with Crippen molar-refractivity contribution >= 4 is 23.2 Å². The number of rotatable bonds is 0. The van der Waals surface area contributed by atoms with Crippen LogP contribution in [0.5, 0.6) is 0 Å². The monoisotopic (exact) mass is 136 g/mol. The summed E-state index contributed by atoms with van der Waals surface area (Å²) in [5.41, 5.74) is 0. The van der Waals surface area contributed by atoms with E-state index in [0.29, 0.717) is 10.4 Å². The van der Waals surface area contributed by atoms with E-state index in [-0.39, 0.29) is 0 Å². The smallest absolute Gasteiger partial charge is 0.195 e. The standard InChI is InChI=1S/C4H2Cl2O/c5-3-1-2-4(6)7-3/h1-2H. The van der Waals surface area contributed by atoms with Gasteiger partial charge in [-0.25, -0.2) is 0 Å². The molecule has 1 aromatic heterocycles. The first-order valence-electron chi connectivity index (χ1n) is 1.70. The molecule has 0 unspecified atom stereocenters. The second-order valence-corrected chi connectivity index (χ2v) is 1.79. The third-order valence-electron chi connectivity index (χ3n) is 0.540. The Balaban J connectivity index is 3.04. The van der Waals surface area contributed by atoms with Crippen molar-refractivity contribution < 1.29 is 4.42 Å². The lowest BCUT2D eigenvalue weighted by molar-refractivity contribution is 0.571. The highest BCUT2D eigenvalue weighted by molar-refractivity contribution is 6.31. The molecule has 0 atom stereocenters. The molecule has 1 aromatic rings. The molecule has 0 bridgehead atoms. The summed E-state index contributed by atoms with van der Waals surface area (Å²) in [5.74, 6) is 0. The van der Waals surface area contributed by atoms with Crippen molar-refractivity contribution in [1.29, 1.82) is 0 Å². The van der Waals surface area contributed by atoms with Crippen molar-refractivity contribution in [3.63, 3.8) is 0 Å². The van der Waals surface area contributed by atoms with Gasteiger partial charge in [0, 0.05) is 0 Å². The zero-order valence-corrected chi connectivity index (χ0v) is 4.83. The molecule has 1 rings (SSSR count). The minimum Gasteiger partial charge on any atom is -0.433 e. The van der Waals surface area contributed by atoms with Crippen LogP contribution in [0, 0.1) is 0 Å². The first-order valence-corrected chi connectivity index (χ1v) is 2.45. The molecule has 3 heteroatoms. The summed E-state index contributed by atoms with van der Waals surface area (Å²) in [4.78, 5) is 0. The molecule has 1 heterocycles. The summed E-state index contributed by atoms with van der Waals surface area (Å²) in [7, 11) is 0. The molecular formula is C4H2Cl2O. The van der Waals surface area contributed by atoms with E-state index in [1.165, 1.54) is 0 Å². The molecule has 0 amide bonds. The van der Waals surface area contributed by atoms with Crippen LogP contribution in [0.4, 0.5) is 0 Å². The quantitative estimate of drug-likeness (QED) is 0.535. The largest absolute Gasteiger partial charge is 0.433 e. The van der Waals surface area contributed by atoms with E-state index in [2.05, 4.69) is 4.42 Å². The van der Waals surface area contributed by atoms with E-state index in [9.17, 15) is 0 Å². The van der Waals surface area contributed by atoms with Crippen LogP contribution >= 0.6 is 23.2 Å². The molecule has 0 radical (unpaired) electrons. The first-order chi connectivity index (χ1) is 3.29. The van der Waals surface area contributed by atoms with E-state index in [1.807, 2.05) is 0 Å². The van der Waals surface area contributed by atoms with Crippen LogP contribution in [0.25, 0.3) is 0 Å². The van der Waals surface area contributed by atoms with Crippen LogP contribution < -0.4 is 0 Å². The maximum Gasteiger partial charge on any atom is 0.195 e. The molecular weight excluding hydrogens is 135 g/mol. The molecule has 38 valence electrons. The summed E-state index contributed by atoms with van der Waals surface area (Å²) in [6.07, 6.45) is 0. The number of hydrogen-bond acceptors (Lipinski definition) is 1. The van der Waals surface area contributed by atoms with Crippen molar-refractivity contribution in [1.82, 2.24) is 0 Å². The van der Waals surface area contributed by atoms with Crippen LogP contribution in [0.3, 0.4) is 0 Å². The molecule has 0 aliphatic heterocycles. The predicted molar refractivity (Wildman–Crippen MR) is 28.7 cm³/mol. The van der Waals surface area contributed by atoms with Crippen molar-refractivity contribution in [3.05, 3.63) is 22.6 Å². The maximum absolute atomic E-state index is 5.31. The normalized spacial score (nSPS) is 9.43. The van der Waals surface area contributed by atoms with Gasteiger partial charge in [-0.2, -0.15) is 0 Å². The molecule has 0 aliphatic carbocycles. The summed E-state index contributed by atoms with van der Waals surface area (Å²) in [5, 5.41) is 0.648. The third kappa shape index (κ3) is 1.11. The molecule has 0 saturated heterocycles. The molecule has 7 heavy (non-hydrogen) atoms. The van der Waals surface area contributed by atoms with Crippen molar-refractivity contribution in [3.8, 4) is 0 Å². The highest BCUT2D eigenvalue weighted by atomic mass is 35.5. The first kappa shape index (κ1) is 5.01. The Bertz CT molecular complexity index is 142. The second kappa shape index (κ2) is 1.76. The molecule has 0 N–H and O–H groups in total. The number of halogens is 2. The van der Waals surface area contributed by atoms with Gasteiger partial charge in [-0.1, -0.05) is 0 Å². The highest BCUT2D eigenvalue weighted by Crippen LogP contribution is 2.16. The Morgan fingerprint density at radius 1 is 1.14 bits per heavy atom. The summed E-state index contributed by atoms with van der Waals surface area (Å²) < 4.78 is 4.61. The topological polar surface area (TPSA) is 13.1 Å². The Morgan fingerprint density at radius 3 is 1.71 bits per heavy atom. The molecule has 0 spiro atoms. The zero-order valence-electron chi connectivity index (χ0n) is 3.32. The summed E-state index contributed by atoms with van der Waals surface area (Å²) in [6.45, 7) is 0. The summed E-state index contributed by atoms with van der Waals surface area (Å²) in [6, 6.07) is 3.17. The van der Waals surface area contributed by atoms with Gasteiger partial charge in [0.25, 0.3) is 0 Å². The lowest BCUT2D eigenvalue weighted by Gasteiger charge is -1.71. The lowest BCUT2D eigenvalue weighted by atomic mass is 10.7. The van der Waals surface area contributed by atoms with Gasteiger partial charge in [-0.3, -0.25) is 0 Å². The van der Waals surface area contributed by atoms with Gasteiger partial charge in [-0.05, 0) is 35.3 Å². The van der Waals surface area contributed by atoms with Crippen LogP contribution in [-0.2, 0) is 0 Å². The Kier molecular flexibility index (Phi) is 1.26. The Hall–Kier alpha value is -0.140.